The third-order valence-corrected chi connectivity index (χ3v) is 5.04. The van der Waals surface area contributed by atoms with E-state index in [9.17, 15) is 4.79 Å². The van der Waals surface area contributed by atoms with E-state index in [1.165, 1.54) is 31.5 Å². The Bertz CT molecular complexity index is 936. The smallest absolute Gasteiger partial charge is 0.255 e. The van der Waals surface area contributed by atoms with Crippen LogP contribution in [0.4, 0.5) is 5.69 Å². The number of nitrogens with zero attached hydrogens (tertiary/aromatic N) is 2. The van der Waals surface area contributed by atoms with Crippen molar-refractivity contribution in [3.63, 3.8) is 0 Å². The Balaban J connectivity index is 1.34. The molecule has 0 aliphatic carbocycles. The minimum absolute atomic E-state index is 0.123. The Morgan fingerprint density at radius 2 is 1.83 bits per heavy atom. The number of rotatable bonds is 7. The van der Waals surface area contributed by atoms with Gasteiger partial charge in [-0.25, -0.2) is 0 Å². The Morgan fingerprint density at radius 3 is 2.59 bits per heavy atom. The van der Waals surface area contributed by atoms with E-state index in [1.807, 2.05) is 60.7 Å². The fourth-order valence-corrected chi connectivity index (χ4v) is 3.48. The lowest BCUT2D eigenvalue weighted by atomic mass is 10.1. The van der Waals surface area contributed by atoms with Crippen LogP contribution in [-0.2, 0) is 13.2 Å². The molecule has 0 unspecified atom stereocenters. The van der Waals surface area contributed by atoms with Crippen molar-refractivity contribution < 1.29 is 9.53 Å². The van der Waals surface area contributed by atoms with Crippen molar-refractivity contribution in [2.75, 3.05) is 18.4 Å². The van der Waals surface area contributed by atoms with Gasteiger partial charge in [0.05, 0.1) is 0 Å². The summed E-state index contributed by atoms with van der Waals surface area (Å²) in [6.45, 7) is 3.73. The average Bonchev–Trinajstić information content (AvgIpc) is 3.27. The Labute approximate surface area is 171 Å². The van der Waals surface area contributed by atoms with Crippen LogP contribution in [0.25, 0.3) is 0 Å². The highest BCUT2D eigenvalue weighted by molar-refractivity contribution is 6.04. The Hall–Kier alpha value is -3.18. The summed E-state index contributed by atoms with van der Waals surface area (Å²) in [4.78, 5) is 19.1. The van der Waals surface area contributed by atoms with Gasteiger partial charge >= 0.3 is 0 Å². The quantitative estimate of drug-likeness (QED) is 0.648. The molecule has 2 aromatic carbocycles. The van der Waals surface area contributed by atoms with Crippen LogP contribution in [0.3, 0.4) is 0 Å². The van der Waals surface area contributed by atoms with Crippen molar-refractivity contribution in [1.29, 1.82) is 0 Å². The van der Waals surface area contributed by atoms with Gasteiger partial charge in [0.25, 0.3) is 5.91 Å². The highest BCUT2D eigenvalue weighted by atomic mass is 16.5. The van der Waals surface area contributed by atoms with Gasteiger partial charge in [-0.2, -0.15) is 0 Å². The number of hydrogen-bond donors (Lipinski definition) is 1. The Kier molecular flexibility index (Phi) is 6.17. The fourth-order valence-electron chi connectivity index (χ4n) is 3.48. The average molecular weight is 387 g/mol. The van der Waals surface area contributed by atoms with Gasteiger partial charge in [0.2, 0.25) is 0 Å². The SMILES string of the molecule is O=C(Nc1cccc(OCc2cccnc2)c1)c1ccc(CN2CCCC2)cc1. The van der Waals surface area contributed by atoms with Gasteiger partial charge in [0, 0.05) is 41.8 Å². The summed E-state index contributed by atoms with van der Waals surface area (Å²) in [6.07, 6.45) is 6.08. The molecule has 1 aromatic heterocycles. The zero-order valence-electron chi connectivity index (χ0n) is 16.4. The summed E-state index contributed by atoms with van der Waals surface area (Å²) in [7, 11) is 0. The maximum Gasteiger partial charge on any atom is 0.255 e. The molecular formula is C24H25N3O2. The van der Waals surface area contributed by atoms with Gasteiger partial charge in [-0.3, -0.25) is 14.7 Å². The summed E-state index contributed by atoms with van der Waals surface area (Å²) in [5.41, 5.74) is 3.60. The molecule has 1 saturated heterocycles. The number of nitrogens with one attached hydrogen (secondary N) is 1. The van der Waals surface area contributed by atoms with Gasteiger partial charge in [-0.1, -0.05) is 24.3 Å². The number of aromatic nitrogens is 1. The fraction of sp³-hybridized carbons (Fsp3) is 0.250. The molecule has 148 valence electrons. The van der Waals surface area contributed by atoms with Crippen LogP contribution in [-0.4, -0.2) is 28.9 Å². The van der Waals surface area contributed by atoms with Crippen molar-refractivity contribution in [1.82, 2.24) is 9.88 Å². The Morgan fingerprint density at radius 1 is 1.00 bits per heavy atom. The molecule has 0 saturated carbocycles. The summed E-state index contributed by atoms with van der Waals surface area (Å²) in [6, 6.07) is 19.1. The molecule has 0 spiro atoms. The molecule has 29 heavy (non-hydrogen) atoms. The normalized spacial score (nSPS) is 13.9. The predicted octanol–water partition coefficient (Wildman–Crippen LogP) is 4.51. The van der Waals surface area contributed by atoms with E-state index in [0.29, 0.717) is 23.6 Å². The second-order valence-electron chi connectivity index (χ2n) is 7.31. The van der Waals surface area contributed by atoms with E-state index in [0.717, 1.165) is 12.1 Å². The number of anilines is 1. The highest BCUT2D eigenvalue weighted by Crippen LogP contribution is 2.20. The minimum atomic E-state index is -0.123. The van der Waals surface area contributed by atoms with E-state index in [-0.39, 0.29) is 5.91 Å². The van der Waals surface area contributed by atoms with E-state index >= 15 is 0 Å². The molecule has 1 aliphatic rings. The van der Waals surface area contributed by atoms with Gasteiger partial charge in [-0.15, -0.1) is 0 Å². The second-order valence-corrected chi connectivity index (χ2v) is 7.31. The first-order chi connectivity index (χ1) is 14.3. The van der Waals surface area contributed by atoms with Crippen molar-refractivity contribution in [2.45, 2.75) is 26.0 Å². The number of pyridine rings is 1. The lowest BCUT2D eigenvalue weighted by Crippen LogP contribution is -2.18. The first kappa shape index (κ1) is 19.2. The third-order valence-electron chi connectivity index (χ3n) is 5.04. The molecule has 1 fully saturated rings. The topological polar surface area (TPSA) is 54.5 Å². The molecule has 0 radical (unpaired) electrons. The molecule has 0 bridgehead atoms. The number of amides is 1. The molecule has 2 heterocycles. The van der Waals surface area contributed by atoms with Crippen LogP contribution in [0.2, 0.25) is 0 Å². The van der Waals surface area contributed by atoms with Crippen LogP contribution in [0.1, 0.15) is 34.3 Å². The summed E-state index contributed by atoms with van der Waals surface area (Å²) >= 11 is 0. The highest BCUT2D eigenvalue weighted by Gasteiger charge is 2.12. The van der Waals surface area contributed by atoms with Gasteiger partial charge in [0.1, 0.15) is 12.4 Å². The maximum atomic E-state index is 12.6. The van der Waals surface area contributed by atoms with Crippen molar-refractivity contribution in [3.05, 3.63) is 89.7 Å². The zero-order chi connectivity index (χ0) is 19.9. The number of benzene rings is 2. The van der Waals surface area contributed by atoms with E-state index < -0.39 is 0 Å². The van der Waals surface area contributed by atoms with Gasteiger partial charge in [0.15, 0.2) is 0 Å². The molecule has 1 amide bonds. The molecular weight excluding hydrogens is 362 g/mol. The largest absolute Gasteiger partial charge is 0.489 e. The zero-order valence-corrected chi connectivity index (χ0v) is 16.4. The van der Waals surface area contributed by atoms with Crippen LogP contribution in [0.5, 0.6) is 5.75 Å². The first-order valence-corrected chi connectivity index (χ1v) is 10.0. The monoisotopic (exact) mass is 387 g/mol. The van der Waals surface area contributed by atoms with E-state index in [1.54, 1.807) is 12.4 Å². The van der Waals surface area contributed by atoms with Crippen LogP contribution in [0.15, 0.2) is 73.1 Å². The van der Waals surface area contributed by atoms with Crippen molar-refractivity contribution >= 4 is 11.6 Å². The number of carbonyl (C=O) groups excluding carboxylic acids is 1. The molecule has 5 nitrogen and oxygen atoms in total. The van der Waals surface area contributed by atoms with Crippen LogP contribution in [0, 0.1) is 0 Å². The van der Waals surface area contributed by atoms with E-state index in [4.69, 9.17) is 4.74 Å². The molecule has 1 N–H and O–H groups in total. The van der Waals surface area contributed by atoms with E-state index in [2.05, 4.69) is 15.2 Å². The maximum absolute atomic E-state index is 12.6. The summed E-state index contributed by atoms with van der Waals surface area (Å²) in [5.74, 6) is 0.578. The standard InChI is InChI=1S/C24H25N3O2/c28-24(21-10-8-19(9-11-21)17-27-13-1-2-14-27)26-22-6-3-7-23(15-22)29-18-20-5-4-12-25-16-20/h3-12,15-16H,1-2,13-14,17-18H2,(H,26,28). The summed E-state index contributed by atoms with van der Waals surface area (Å²) in [5, 5.41) is 2.95. The number of likely N-dealkylation sites (tertiary alicyclic amines) is 1. The summed E-state index contributed by atoms with van der Waals surface area (Å²) < 4.78 is 5.80. The van der Waals surface area contributed by atoms with Gasteiger partial charge in [-0.05, 0) is 61.8 Å². The van der Waals surface area contributed by atoms with Crippen molar-refractivity contribution in [2.24, 2.45) is 0 Å². The molecule has 4 rings (SSSR count). The minimum Gasteiger partial charge on any atom is -0.489 e. The number of hydrogen-bond acceptors (Lipinski definition) is 4. The van der Waals surface area contributed by atoms with Crippen LogP contribution >= 0.6 is 0 Å². The second kappa shape index (κ2) is 9.34. The van der Waals surface area contributed by atoms with Crippen molar-refractivity contribution in [3.8, 4) is 5.75 Å². The number of ether oxygens (including phenoxy) is 1. The first-order valence-electron chi connectivity index (χ1n) is 10.0. The third kappa shape index (κ3) is 5.42. The molecule has 1 aliphatic heterocycles. The number of carbonyl (C=O) groups is 1. The van der Waals surface area contributed by atoms with Gasteiger partial charge < -0.3 is 10.1 Å². The molecule has 3 aromatic rings. The van der Waals surface area contributed by atoms with Crippen LogP contribution < -0.4 is 10.1 Å². The molecule has 5 heteroatoms. The predicted molar refractivity (Wildman–Crippen MR) is 114 cm³/mol. The lowest BCUT2D eigenvalue weighted by molar-refractivity contribution is 0.102. The molecule has 0 atom stereocenters. The lowest BCUT2D eigenvalue weighted by Gasteiger charge is -2.14.